The number of nitrogens with zero attached hydrogens (tertiary/aromatic N) is 4. The maximum Gasteiger partial charge on any atom is 0.245 e. The number of hydrogen-bond acceptors (Lipinski definition) is 5. The van der Waals surface area contributed by atoms with Crippen molar-refractivity contribution in [2.75, 3.05) is 12.8 Å². The molecule has 2 heterocycles. The van der Waals surface area contributed by atoms with Gasteiger partial charge in [0, 0.05) is 6.54 Å². The van der Waals surface area contributed by atoms with E-state index >= 15 is 0 Å². The van der Waals surface area contributed by atoms with Crippen molar-refractivity contribution in [2.45, 2.75) is 45.6 Å². The van der Waals surface area contributed by atoms with Crippen molar-refractivity contribution in [3.05, 3.63) is 6.33 Å². The van der Waals surface area contributed by atoms with E-state index in [4.69, 9.17) is 10.5 Å². The number of imidazole rings is 1. The largest absolute Gasteiger partial charge is 0.479 e. The number of aromatic nitrogens is 4. The third-order valence-electron chi connectivity index (χ3n) is 4.63. The molecule has 3 rings (SSSR count). The maximum atomic E-state index is 6.10. The van der Waals surface area contributed by atoms with Gasteiger partial charge in [-0.1, -0.05) is 19.8 Å². The second-order valence-electron chi connectivity index (χ2n) is 5.67. The summed E-state index contributed by atoms with van der Waals surface area (Å²) in [7, 11) is 1.58. The first kappa shape index (κ1) is 13.1. The third-order valence-corrected chi connectivity index (χ3v) is 4.63. The first-order valence-corrected chi connectivity index (χ1v) is 7.20. The SMILES string of the molecule is CCC1(Cn2c(N)nc3c(OC)ncnc32)CCCC1. The van der Waals surface area contributed by atoms with E-state index in [9.17, 15) is 0 Å². The van der Waals surface area contributed by atoms with Crippen molar-refractivity contribution < 1.29 is 4.74 Å². The summed E-state index contributed by atoms with van der Waals surface area (Å²) in [6.45, 7) is 3.14. The van der Waals surface area contributed by atoms with E-state index in [-0.39, 0.29) is 0 Å². The Morgan fingerprint density at radius 1 is 1.35 bits per heavy atom. The Hall–Kier alpha value is -1.85. The molecule has 6 heteroatoms. The van der Waals surface area contributed by atoms with Crippen molar-refractivity contribution in [3.8, 4) is 5.88 Å². The molecule has 1 fully saturated rings. The molecule has 2 N–H and O–H groups in total. The first-order chi connectivity index (χ1) is 9.69. The van der Waals surface area contributed by atoms with Gasteiger partial charge in [-0.05, 0) is 24.7 Å². The number of fused-ring (bicyclic) bond motifs is 1. The van der Waals surface area contributed by atoms with Crippen LogP contribution >= 0.6 is 0 Å². The third kappa shape index (κ3) is 1.99. The topological polar surface area (TPSA) is 78.9 Å². The monoisotopic (exact) mass is 275 g/mol. The Kier molecular flexibility index (Phi) is 3.23. The molecule has 0 spiro atoms. The highest BCUT2D eigenvalue weighted by molar-refractivity contribution is 5.78. The van der Waals surface area contributed by atoms with E-state index in [0.717, 1.165) is 18.6 Å². The molecule has 1 aliphatic rings. The summed E-state index contributed by atoms with van der Waals surface area (Å²) in [5.74, 6) is 0.982. The quantitative estimate of drug-likeness (QED) is 0.926. The minimum Gasteiger partial charge on any atom is -0.479 e. The Balaban J connectivity index is 2.05. The molecule has 0 bridgehead atoms. The van der Waals surface area contributed by atoms with Crippen LogP contribution < -0.4 is 10.5 Å². The molecule has 1 saturated carbocycles. The van der Waals surface area contributed by atoms with Crippen LogP contribution in [0.3, 0.4) is 0 Å². The molecule has 0 aliphatic heterocycles. The summed E-state index contributed by atoms with van der Waals surface area (Å²) in [5.41, 5.74) is 7.85. The minimum absolute atomic E-state index is 0.333. The minimum atomic E-state index is 0.333. The fourth-order valence-corrected chi connectivity index (χ4v) is 3.32. The van der Waals surface area contributed by atoms with E-state index in [0.29, 0.717) is 22.8 Å². The van der Waals surface area contributed by atoms with Gasteiger partial charge < -0.3 is 10.5 Å². The number of ether oxygens (including phenoxy) is 1. The molecule has 0 amide bonds. The Bertz CT molecular complexity index is 615. The van der Waals surface area contributed by atoms with Crippen LogP contribution in [0.25, 0.3) is 11.2 Å². The van der Waals surface area contributed by atoms with Crippen molar-refractivity contribution in [1.29, 1.82) is 0 Å². The molecule has 0 unspecified atom stereocenters. The summed E-state index contributed by atoms with van der Waals surface area (Å²) >= 11 is 0. The van der Waals surface area contributed by atoms with Gasteiger partial charge in [-0.25, -0.2) is 9.97 Å². The number of anilines is 1. The van der Waals surface area contributed by atoms with Crippen LogP contribution in [0.1, 0.15) is 39.0 Å². The average molecular weight is 275 g/mol. The lowest BCUT2D eigenvalue weighted by molar-refractivity contribution is 0.241. The molecular weight excluding hydrogens is 254 g/mol. The van der Waals surface area contributed by atoms with E-state index in [1.807, 2.05) is 4.57 Å². The summed E-state index contributed by atoms with van der Waals surface area (Å²) in [5, 5.41) is 0. The van der Waals surface area contributed by atoms with Crippen LogP contribution in [0, 0.1) is 5.41 Å². The molecule has 0 radical (unpaired) electrons. The Labute approximate surface area is 118 Å². The van der Waals surface area contributed by atoms with Gasteiger partial charge in [0.25, 0.3) is 0 Å². The van der Waals surface area contributed by atoms with Gasteiger partial charge in [-0.15, -0.1) is 0 Å². The maximum absolute atomic E-state index is 6.10. The fraction of sp³-hybridized carbons (Fsp3) is 0.643. The molecule has 108 valence electrons. The van der Waals surface area contributed by atoms with Gasteiger partial charge >= 0.3 is 0 Å². The molecule has 1 aliphatic carbocycles. The number of methoxy groups -OCH3 is 1. The van der Waals surface area contributed by atoms with Gasteiger partial charge in [-0.3, -0.25) is 4.57 Å². The number of rotatable bonds is 4. The van der Waals surface area contributed by atoms with E-state index in [2.05, 4.69) is 21.9 Å². The molecule has 0 atom stereocenters. The van der Waals surface area contributed by atoms with Gasteiger partial charge in [0.15, 0.2) is 11.2 Å². The van der Waals surface area contributed by atoms with Gasteiger partial charge in [0.1, 0.15) is 6.33 Å². The number of nitrogen functional groups attached to an aromatic ring is 1. The van der Waals surface area contributed by atoms with E-state index in [1.165, 1.54) is 32.0 Å². The average Bonchev–Trinajstić information content (AvgIpc) is 3.05. The lowest BCUT2D eigenvalue weighted by atomic mass is 9.83. The lowest BCUT2D eigenvalue weighted by Gasteiger charge is -2.28. The highest BCUT2D eigenvalue weighted by Crippen LogP contribution is 2.43. The molecule has 0 aromatic carbocycles. The van der Waals surface area contributed by atoms with Crippen molar-refractivity contribution >= 4 is 17.1 Å². The zero-order valence-electron chi connectivity index (χ0n) is 12.1. The molecule has 0 saturated heterocycles. The summed E-state index contributed by atoms with van der Waals surface area (Å²) in [6.07, 6.45) is 7.79. The smallest absolute Gasteiger partial charge is 0.245 e. The van der Waals surface area contributed by atoms with Gasteiger partial charge in [0.2, 0.25) is 11.8 Å². The summed E-state index contributed by atoms with van der Waals surface area (Å²) in [4.78, 5) is 12.8. The molecule has 20 heavy (non-hydrogen) atoms. The van der Waals surface area contributed by atoms with Crippen LogP contribution in [-0.4, -0.2) is 26.6 Å². The highest BCUT2D eigenvalue weighted by atomic mass is 16.5. The predicted octanol–water partition coefficient (Wildman–Crippen LogP) is 2.39. The van der Waals surface area contributed by atoms with Crippen LogP contribution in [-0.2, 0) is 6.54 Å². The van der Waals surface area contributed by atoms with Crippen LogP contribution in [0.5, 0.6) is 5.88 Å². The highest BCUT2D eigenvalue weighted by Gasteiger charge is 2.33. The van der Waals surface area contributed by atoms with Crippen LogP contribution in [0.15, 0.2) is 6.33 Å². The molecule has 6 nitrogen and oxygen atoms in total. The standard InChI is InChI=1S/C14H21N5O/c1-3-14(6-4-5-7-14)8-19-11-10(18-13(19)15)12(20-2)17-9-16-11/h9H,3-8H2,1-2H3,(H2,15,18). The normalized spacial score (nSPS) is 17.7. The second kappa shape index (κ2) is 4.92. The fourth-order valence-electron chi connectivity index (χ4n) is 3.32. The number of hydrogen-bond donors (Lipinski definition) is 1. The Morgan fingerprint density at radius 2 is 2.10 bits per heavy atom. The summed E-state index contributed by atoms with van der Waals surface area (Å²) in [6, 6.07) is 0. The van der Waals surface area contributed by atoms with Crippen molar-refractivity contribution in [2.24, 2.45) is 5.41 Å². The molecule has 2 aromatic heterocycles. The zero-order valence-corrected chi connectivity index (χ0v) is 12.1. The van der Waals surface area contributed by atoms with Crippen molar-refractivity contribution in [1.82, 2.24) is 19.5 Å². The summed E-state index contributed by atoms with van der Waals surface area (Å²) < 4.78 is 7.26. The Morgan fingerprint density at radius 3 is 2.75 bits per heavy atom. The second-order valence-corrected chi connectivity index (χ2v) is 5.67. The van der Waals surface area contributed by atoms with E-state index < -0.39 is 0 Å². The van der Waals surface area contributed by atoms with Crippen LogP contribution in [0.2, 0.25) is 0 Å². The van der Waals surface area contributed by atoms with Crippen LogP contribution in [0.4, 0.5) is 5.95 Å². The van der Waals surface area contributed by atoms with Gasteiger partial charge in [-0.2, -0.15) is 4.98 Å². The number of nitrogens with two attached hydrogens (primary N) is 1. The van der Waals surface area contributed by atoms with Crippen molar-refractivity contribution in [3.63, 3.8) is 0 Å². The first-order valence-electron chi connectivity index (χ1n) is 7.20. The van der Waals surface area contributed by atoms with Gasteiger partial charge in [0.05, 0.1) is 7.11 Å². The lowest BCUT2D eigenvalue weighted by Crippen LogP contribution is -2.23. The molecule has 2 aromatic rings. The zero-order chi connectivity index (χ0) is 14.2. The predicted molar refractivity (Wildman–Crippen MR) is 77.5 cm³/mol. The molecular formula is C14H21N5O. The van der Waals surface area contributed by atoms with E-state index in [1.54, 1.807) is 7.11 Å².